The molecule has 1 aliphatic heterocycles. The Morgan fingerprint density at radius 2 is 2.03 bits per heavy atom. The first-order valence-corrected chi connectivity index (χ1v) is 10.9. The summed E-state index contributed by atoms with van der Waals surface area (Å²) in [6.45, 7) is 4.24. The highest BCUT2D eigenvalue weighted by Gasteiger charge is 2.32. The van der Waals surface area contributed by atoms with Crippen LogP contribution in [0.4, 0.5) is 13.2 Å². The fourth-order valence-corrected chi connectivity index (χ4v) is 4.63. The molecule has 168 valence electrons. The summed E-state index contributed by atoms with van der Waals surface area (Å²) in [4.78, 5) is 12.6. The van der Waals surface area contributed by atoms with Crippen molar-refractivity contribution in [2.24, 2.45) is 5.92 Å². The lowest BCUT2D eigenvalue weighted by atomic mass is 9.86. The summed E-state index contributed by atoms with van der Waals surface area (Å²) < 4.78 is 46.5. The monoisotopic (exact) mass is 455 g/mol. The van der Waals surface area contributed by atoms with Gasteiger partial charge in [0.15, 0.2) is 0 Å². The van der Waals surface area contributed by atoms with Gasteiger partial charge in [-0.15, -0.1) is 0 Å². The summed E-state index contributed by atoms with van der Waals surface area (Å²) in [6, 6.07) is 2.74. The predicted octanol–water partition coefficient (Wildman–Crippen LogP) is 4.93. The van der Waals surface area contributed by atoms with Crippen LogP contribution in [0.1, 0.15) is 58.6 Å². The van der Waals surface area contributed by atoms with Crippen molar-refractivity contribution < 1.29 is 22.7 Å². The Labute approximate surface area is 183 Å². The molecule has 0 unspecified atom stereocenters. The molecular formula is C22H25ClF3N3O2. The number of nitrogens with zero attached hydrogens (tertiary/aromatic N) is 2. The number of fused-ring (bicyclic) bond motifs is 1. The summed E-state index contributed by atoms with van der Waals surface area (Å²) in [5.41, 5.74) is 2.46. The fraction of sp³-hybridized carbons (Fsp3) is 0.545. The Morgan fingerprint density at radius 1 is 1.29 bits per heavy atom. The molecule has 0 spiro atoms. The summed E-state index contributed by atoms with van der Waals surface area (Å²) in [5, 5.41) is 7.63. The normalized spacial score (nSPS) is 21.6. The number of benzene rings is 1. The highest BCUT2D eigenvalue weighted by atomic mass is 35.5. The first-order chi connectivity index (χ1) is 14.7. The first-order valence-electron chi connectivity index (χ1n) is 10.5. The maximum absolute atomic E-state index is 13.0. The van der Waals surface area contributed by atoms with Crippen LogP contribution in [-0.4, -0.2) is 28.3 Å². The van der Waals surface area contributed by atoms with Crippen LogP contribution in [0.3, 0.4) is 0 Å². The van der Waals surface area contributed by atoms with Gasteiger partial charge in [-0.2, -0.15) is 18.3 Å². The number of carbonyl (C=O) groups is 1. The molecule has 2 heterocycles. The second-order valence-electron chi connectivity index (χ2n) is 8.38. The second kappa shape index (κ2) is 8.82. The number of hydrogen-bond donors (Lipinski definition) is 1. The number of aromatic nitrogens is 2. The number of rotatable bonds is 4. The summed E-state index contributed by atoms with van der Waals surface area (Å²) >= 11 is 5.98. The molecule has 1 amide bonds. The predicted molar refractivity (Wildman–Crippen MR) is 110 cm³/mol. The van der Waals surface area contributed by atoms with Crippen molar-refractivity contribution in [2.75, 3.05) is 6.61 Å². The second-order valence-corrected chi connectivity index (χ2v) is 8.79. The van der Waals surface area contributed by atoms with E-state index < -0.39 is 17.6 Å². The van der Waals surface area contributed by atoms with Gasteiger partial charge in [0.25, 0.3) is 5.91 Å². The van der Waals surface area contributed by atoms with Gasteiger partial charge in [0.05, 0.1) is 35.1 Å². The maximum atomic E-state index is 13.0. The van der Waals surface area contributed by atoms with E-state index in [9.17, 15) is 18.0 Å². The molecule has 0 bridgehead atoms. The Hall–Kier alpha value is -2.06. The van der Waals surface area contributed by atoms with Crippen molar-refractivity contribution in [3.05, 3.63) is 51.3 Å². The van der Waals surface area contributed by atoms with E-state index in [1.807, 2.05) is 0 Å². The zero-order valence-electron chi connectivity index (χ0n) is 17.3. The van der Waals surface area contributed by atoms with Crippen molar-refractivity contribution in [2.45, 2.75) is 64.4 Å². The van der Waals surface area contributed by atoms with Gasteiger partial charge in [-0.25, -0.2) is 0 Å². The van der Waals surface area contributed by atoms with Crippen molar-refractivity contribution in [3.63, 3.8) is 0 Å². The summed E-state index contributed by atoms with van der Waals surface area (Å²) in [5.74, 6) is -0.110. The number of hydrogen-bond acceptors (Lipinski definition) is 3. The molecule has 31 heavy (non-hydrogen) atoms. The minimum absolute atomic E-state index is 0.0151. The Bertz CT molecular complexity index is 966. The lowest BCUT2D eigenvalue weighted by molar-refractivity contribution is -0.137. The van der Waals surface area contributed by atoms with E-state index in [4.69, 9.17) is 21.4 Å². The SMILES string of the molecule is Cc1c2c(nn1CC1CCC(NC(=O)c3cc(C(F)(F)F)ccc3Cl)CC1)CCOC2. The van der Waals surface area contributed by atoms with E-state index in [-0.39, 0.29) is 16.6 Å². The zero-order valence-corrected chi connectivity index (χ0v) is 18.0. The van der Waals surface area contributed by atoms with Gasteiger partial charge in [-0.05, 0) is 56.7 Å². The van der Waals surface area contributed by atoms with Crippen LogP contribution in [0.15, 0.2) is 18.2 Å². The molecule has 5 nitrogen and oxygen atoms in total. The molecule has 4 rings (SSSR count). The van der Waals surface area contributed by atoms with E-state index in [2.05, 4.69) is 16.9 Å². The smallest absolute Gasteiger partial charge is 0.376 e. The van der Waals surface area contributed by atoms with Crippen molar-refractivity contribution in [3.8, 4) is 0 Å². The van der Waals surface area contributed by atoms with E-state index in [0.29, 0.717) is 19.1 Å². The van der Waals surface area contributed by atoms with Gasteiger partial charge in [-0.1, -0.05) is 11.6 Å². The van der Waals surface area contributed by atoms with Crippen LogP contribution in [0, 0.1) is 12.8 Å². The van der Waals surface area contributed by atoms with Gasteiger partial charge >= 0.3 is 6.18 Å². The largest absolute Gasteiger partial charge is 0.416 e. The summed E-state index contributed by atoms with van der Waals surface area (Å²) in [6.07, 6.45) is -0.288. The van der Waals surface area contributed by atoms with E-state index in [1.54, 1.807) is 0 Å². The molecule has 2 aliphatic rings. The van der Waals surface area contributed by atoms with Gasteiger partial charge < -0.3 is 10.1 Å². The molecular weight excluding hydrogens is 431 g/mol. The molecule has 9 heteroatoms. The zero-order chi connectivity index (χ0) is 22.2. The third-order valence-electron chi connectivity index (χ3n) is 6.29. The van der Waals surface area contributed by atoms with Crippen molar-refractivity contribution >= 4 is 17.5 Å². The van der Waals surface area contributed by atoms with Crippen LogP contribution in [0.25, 0.3) is 0 Å². The van der Waals surface area contributed by atoms with Crippen LogP contribution < -0.4 is 5.32 Å². The number of carbonyl (C=O) groups excluding carboxylic acids is 1. The van der Waals surface area contributed by atoms with Gasteiger partial charge in [0, 0.05) is 30.3 Å². The number of amides is 1. The third kappa shape index (κ3) is 4.90. The average molecular weight is 456 g/mol. The number of nitrogens with one attached hydrogen (secondary N) is 1. The lowest BCUT2D eigenvalue weighted by Gasteiger charge is -2.29. The third-order valence-corrected chi connectivity index (χ3v) is 6.62. The van der Waals surface area contributed by atoms with E-state index in [0.717, 1.165) is 68.2 Å². The number of alkyl halides is 3. The highest BCUT2D eigenvalue weighted by Crippen LogP contribution is 2.32. The fourth-order valence-electron chi connectivity index (χ4n) is 4.43. The Morgan fingerprint density at radius 3 is 2.71 bits per heavy atom. The van der Waals surface area contributed by atoms with Gasteiger partial charge in [0.1, 0.15) is 0 Å². The molecule has 0 saturated heterocycles. The average Bonchev–Trinajstić information content (AvgIpc) is 3.04. The minimum Gasteiger partial charge on any atom is -0.376 e. The molecule has 1 saturated carbocycles. The molecule has 1 aromatic heterocycles. The molecule has 2 aromatic rings. The van der Waals surface area contributed by atoms with Crippen LogP contribution in [0.5, 0.6) is 0 Å². The molecule has 0 atom stereocenters. The molecule has 1 aromatic carbocycles. The van der Waals surface area contributed by atoms with Crippen molar-refractivity contribution in [1.29, 1.82) is 0 Å². The molecule has 1 N–H and O–H groups in total. The quantitative estimate of drug-likeness (QED) is 0.711. The topological polar surface area (TPSA) is 56.2 Å². The van der Waals surface area contributed by atoms with Gasteiger partial charge in [-0.3, -0.25) is 9.48 Å². The van der Waals surface area contributed by atoms with Crippen molar-refractivity contribution in [1.82, 2.24) is 15.1 Å². The lowest BCUT2D eigenvalue weighted by Crippen LogP contribution is -2.38. The minimum atomic E-state index is -4.52. The number of halogens is 4. The molecule has 1 aliphatic carbocycles. The standard InChI is InChI=1S/C22H25ClF3N3O2/c1-13-18-12-31-9-8-20(18)28-29(13)11-14-2-5-16(6-3-14)27-21(30)17-10-15(22(24,25)26)4-7-19(17)23/h4,7,10,14,16H,2-3,5-6,8-9,11-12H2,1H3,(H,27,30). The van der Waals surface area contributed by atoms with Crippen LogP contribution >= 0.6 is 11.6 Å². The Kier molecular flexibility index (Phi) is 6.30. The Balaban J connectivity index is 1.34. The van der Waals surface area contributed by atoms with E-state index in [1.165, 1.54) is 5.56 Å². The molecule has 1 fully saturated rings. The van der Waals surface area contributed by atoms with Gasteiger partial charge in [0.2, 0.25) is 0 Å². The first kappa shape index (κ1) is 22.1. The van der Waals surface area contributed by atoms with Crippen LogP contribution in [-0.2, 0) is 30.5 Å². The van der Waals surface area contributed by atoms with Crippen LogP contribution in [0.2, 0.25) is 5.02 Å². The number of ether oxygens (including phenoxy) is 1. The van der Waals surface area contributed by atoms with E-state index >= 15 is 0 Å². The highest BCUT2D eigenvalue weighted by molar-refractivity contribution is 6.33. The summed E-state index contributed by atoms with van der Waals surface area (Å²) in [7, 11) is 0. The molecule has 0 radical (unpaired) electrons. The maximum Gasteiger partial charge on any atom is 0.416 e.